The van der Waals surface area contributed by atoms with E-state index in [4.69, 9.17) is 0 Å². The van der Waals surface area contributed by atoms with E-state index in [0.29, 0.717) is 0 Å². The number of piperazine rings is 1. The van der Waals surface area contributed by atoms with E-state index in [2.05, 4.69) is 41.1 Å². The van der Waals surface area contributed by atoms with Crippen LogP contribution in [0.4, 0.5) is 5.69 Å². The maximum Gasteiger partial charge on any atom is 0.0376 e. The lowest BCUT2D eigenvalue weighted by Crippen LogP contribution is -2.44. The molecule has 0 atom stereocenters. The molecule has 1 heterocycles. The lowest BCUT2D eigenvalue weighted by Gasteiger charge is -2.34. The van der Waals surface area contributed by atoms with Gasteiger partial charge in [-0.15, -0.1) is 0 Å². The summed E-state index contributed by atoms with van der Waals surface area (Å²) >= 11 is 0. The molecule has 0 unspecified atom stereocenters. The highest BCUT2D eigenvalue weighted by Crippen LogP contribution is 2.34. The van der Waals surface area contributed by atoms with Crippen LogP contribution < -0.4 is 4.90 Å². The first-order chi connectivity index (χ1) is 9.33. The van der Waals surface area contributed by atoms with E-state index in [1.807, 2.05) is 0 Å². The van der Waals surface area contributed by atoms with E-state index in [-0.39, 0.29) is 0 Å². The Morgan fingerprint density at radius 3 is 2.47 bits per heavy atom. The van der Waals surface area contributed by atoms with Crippen LogP contribution in [0.5, 0.6) is 0 Å². The number of hydrogen-bond donors (Lipinski definition) is 0. The first kappa shape index (κ1) is 13.0. The Morgan fingerprint density at radius 2 is 1.74 bits per heavy atom. The monoisotopic (exact) mass is 257 g/mol. The molecule has 1 radical (unpaired) electrons. The number of anilines is 1. The Morgan fingerprint density at radius 1 is 1.00 bits per heavy atom. The Kier molecular flexibility index (Phi) is 4.07. The molecule has 1 aliphatic heterocycles. The summed E-state index contributed by atoms with van der Waals surface area (Å²) < 4.78 is 0. The van der Waals surface area contributed by atoms with Crippen LogP contribution in [0.3, 0.4) is 0 Å². The highest BCUT2D eigenvalue weighted by molar-refractivity contribution is 5.49. The number of benzene rings is 1. The van der Waals surface area contributed by atoms with Gasteiger partial charge < -0.3 is 9.80 Å². The van der Waals surface area contributed by atoms with Crippen molar-refractivity contribution in [3.63, 3.8) is 0 Å². The molecule has 0 amide bonds. The van der Waals surface area contributed by atoms with Gasteiger partial charge in [-0.2, -0.15) is 0 Å². The summed E-state index contributed by atoms with van der Waals surface area (Å²) in [4.78, 5) is 4.92. The molecule has 1 aromatic carbocycles. The van der Waals surface area contributed by atoms with Gasteiger partial charge in [-0.1, -0.05) is 25.3 Å². The molecule has 2 nitrogen and oxygen atoms in total. The normalized spacial score (nSPS) is 22.7. The van der Waals surface area contributed by atoms with Gasteiger partial charge in [0.25, 0.3) is 0 Å². The van der Waals surface area contributed by atoms with Crippen molar-refractivity contribution in [1.29, 1.82) is 0 Å². The van der Waals surface area contributed by atoms with E-state index >= 15 is 0 Å². The molecule has 0 bridgehead atoms. The predicted molar refractivity (Wildman–Crippen MR) is 80.8 cm³/mol. The number of likely N-dealkylation sites (N-methyl/N-ethyl adjacent to an activating group) is 1. The van der Waals surface area contributed by atoms with Crippen molar-refractivity contribution in [2.45, 2.75) is 38.0 Å². The maximum atomic E-state index is 3.38. The molecule has 19 heavy (non-hydrogen) atoms. The third-order valence-corrected chi connectivity index (χ3v) is 4.74. The van der Waals surface area contributed by atoms with Crippen molar-refractivity contribution in [3.8, 4) is 0 Å². The van der Waals surface area contributed by atoms with Crippen LogP contribution in [-0.2, 0) is 0 Å². The molecule has 1 saturated heterocycles. The van der Waals surface area contributed by atoms with Crippen molar-refractivity contribution in [3.05, 3.63) is 29.8 Å². The molecular formula is C17H25N2. The zero-order chi connectivity index (χ0) is 13.1. The minimum atomic E-state index is 0.789. The minimum absolute atomic E-state index is 0.789. The average Bonchev–Trinajstić information content (AvgIpc) is 2.49. The van der Waals surface area contributed by atoms with Gasteiger partial charge in [0.2, 0.25) is 0 Å². The maximum absolute atomic E-state index is 3.38. The Labute approximate surface area is 117 Å². The SMILES string of the molecule is CN1CCN(c2c[c]cc(C3CCCCC3)c2)CC1. The quantitative estimate of drug-likeness (QED) is 0.802. The van der Waals surface area contributed by atoms with Crippen molar-refractivity contribution in [2.24, 2.45) is 0 Å². The summed E-state index contributed by atoms with van der Waals surface area (Å²) in [6, 6.07) is 10.2. The van der Waals surface area contributed by atoms with Crippen LogP contribution in [0, 0.1) is 6.07 Å². The van der Waals surface area contributed by atoms with Crippen LogP contribution in [-0.4, -0.2) is 38.1 Å². The fourth-order valence-corrected chi connectivity index (χ4v) is 3.40. The van der Waals surface area contributed by atoms with E-state index in [1.165, 1.54) is 56.4 Å². The summed E-state index contributed by atoms with van der Waals surface area (Å²) in [5, 5.41) is 0. The zero-order valence-electron chi connectivity index (χ0n) is 12.1. The van der Waals surface area contributed by atoms with Crippen molar-refractivity contribution < 1.29 is 0 Å². The Bertz CT molecular complexity index is 401. The number of rotatable bonds is 2. The molecule has 103 valence electrons. The van der Waals surface area contributed by atoms with Gasteiger partial charge in [0.15, 0.2) is 0 Å². The predicted octanol–water partition coefficient (Wildman–Crippen LogP) is 3.29. The number of hydrogen-bond acceptors (Lipinski definition) is 2. The smallest absolute Gasteiger partial charge is 0.0376 e. The summed E-state index contributed by atoms with van der Waals surface area (Å²) in [5.41, 5.74) is 2.91. The molecule has 0 spiro atoms. The van der Waals surface area contributed by atoms with E-state index in [9.17, 15) is 0 Å². The van der Waals surface area contributed by atoms with E-state index in [1.54, 1.807) is 0 Å². The molecule has 1 aromatic rings. The van der Waals surface area contributed by atoms with Crippen molar-refractivity contribution in [1.82, 2.24) is 4.90 Å². The third-order valence-electron chi connectivity index (χ3n) is 4.74. The fraction of sp³-hybridized carbons (Fsp3) is 0.647. The van der Waals surface area contributed by atoms with Gasteiger partial charge in [0, 0.05) is 31.9 Å². The molecule has 3 rings (SSSR count). The van der Waals surface area contributed by atoms with Crippen LogP contribution >= 0.6 is 0 Å². The second kappa shape index (κ2) is 5.96. The molecule has 1 aliphatic carbocycles. The standard InChI is InChI=1S/C17H25N2/c1-18-10-12-19(13-11-18)17-9-5-8-16(14-17)15-6-3-2-4-7-15/h8-9,14-15H,2-4,6-7,10-13H2,1H3. The first-order valence-corrected chi connectivity index (χ1v) is 7.77. The van der Waals surface area contributed by atoms with Gasteiger partial charge in [-0.3, -0.25) is 0 Å². The topological polar surface area (TPSA) is 6.48 Å². The van der Waals surface area contributed by atoms with Gasteiger partial charge >= 0.3 is 0 Å². The van der Waals surface area contributed by atoms with Crippen LogP contribution in [0.1, 0.15) is 43.6 Å². The first-order valence-electron chi connectivity index (χ1n) is 7.77. The molecule has 2 aliphatic rings. The average molecular weight is 257 g/mol. The Balaban J connectivity index is 1.72. The fourth-order valence-electron chi connectivity index (χ4n) is 3.40. The molecule has 0 N–H and O–H groups in total. The molecule has 0 aromatic heterocycles. The third kappa shape index (κ3) is 3.11. The second-order valence-corrected chi connectivity index (χ2v) is 6.15. The second-order valence-electron chi connectivity index (χ2n) is 6.15. The van der Waals surface area contributed by atoms with Gasteiger partial charge in [-0.05, 0) is 49.6 Å². The molecular weight excluding hydrogens is 232 g/mol. The summed E-state index contributed by atoms with van der Waals surface area (Å²) in [6.07, 6.45) is 6.99. The van der Waals surface area contributed by atoms with Crippen LogP contribution in [0.15, 0.2) is 18.2 Å². The van der Waals surface area contributed by atoms with Crippen molar-refractivity contribution in [2.75, 3.05) is 38.1 Å². The van der Waals surface area contributed by atoms with Crippen LogP contribution in [0.25, 0.3) is 0 Å². The highest BCUT2D eigenvalue weighted by atomic mass is 15.2. The van der Waals surface area contributed by atoms with Crippen LogP contribution in [0.2, 0.25) is 0 Å². The van der Waals surface area contributed by atoms with E-state index < -0.39 is 0 Å². The summed E-state index contributed by atoms with van der Waals surface area (Å²) in [5.74, 6) is 0.789. The van der Waals surface area contributed by atoms with Crippen molar-refractivity contribution >= 4 is 5.69 Å². The summed E-state index contributed by atoms with van der Waals surface area (Å²) in [7, 11) is 2.21. The molecule has 2 heteroatoms. The minimum Gasteiger partial charge on any atom is -0.369 e. The van der Waals surface area contributed by atoms with Gasteiger partial charge in [-0.25, -0.2) is 0 Å². The lowest BCUT2D eigenvalue weighted by molar-refractivity contribution is 0.313. The number of nitrogens with zero attached hydrogens (tertiary/aromatic N) is 2. The molecule has 2 fully saturated rings. The van der Waals surface area contributed by atoms with E-state index in [0.717, 1.165) is 19.0 Å². The lowest BCUT2D eigenvalue weighted by atomic mass is 9.84. The zero-order valence-corrected chi connectivity index (χ0v) is 12.1. The molecule has 1 saturated carbocycles. The van der Waals surface area contributed by atoms with Gasteiger partial charge in [0.1, 0.15) is 0 Å². The van der Waals surface area contributed by atoms with Gasteiger partial charge in [0.05, 0.1) is 0 Å². The largest absolute Gasteiger partial charge is 0.369 e. The Hall–Kier alpha value is -1.02. The summed E-state index contributed by atoms with van der Waals surface area (Å²) in [6.45, 7) is 4.65. The highest BCUT2D eigenvalue weighted by Gasteiger charge is 2.18.